The summed E-state index contributed by atoms with van der Waals surface area (Å²) in [7, 11) is 3.23. The first kappa shape index (κ1) is 18.8. The molecule has 0 aliphatic heterocycles. The molecule has 4 nitrogen and oxygen atoms in total. The molecule has 0 saturated carbocycles. The van der Waals surface area contributed by atoms with Gasteiger partial charge in [0.15, 0.2) is 11.5 Å². The highest BCUT2D eigenvalue weighted by Crippen LogP contribution is 2.27. The maximum Gasteiger partial charge on any atom is 0.220 e. The Morgan fingerprint density at radius 1 is 0.960 bits per heavy atom. The van der Waals surface area contributed by atoms with Crippen LogP contribution in [-0.4, -0.2) is 26.2 Å². The van der Waals surface area contributed by atoms with Crippen LogP contribution in [0.5, 0.6) is 11.5 Å². The number of methoxy groups -OCH3 is 2. The second-order valence-electron chi connectivity index (χ2n) is 6.18. The molecule has 0 fully saturated rings. The molecule has 25 heavy (non-hydrogen) atoms. The van der Waals surface area contributed by atoms with E-state index in [2.05, 4.69) is 24.4 Å². The number of carbonyl (C=O) groups is 1. The Labute approximate surface area is 150 Å². The van der Waals surface area contributed by atoms with Gasteiger partial charge in [0.1, 0.15) is 0 Å². The van der Waals surface area contributed by atoms with E-state index in [1.807, 2.05) is 36.4 Å². The van der Waals surface area contributed by atoms with E-state index in [-0.39, 0.29) is 11.9 Å². The topological polar surface area (TPSA) is 47.6 Å². The van der Waals surface area contributed by atoms with Gasteiger partial charge in [-0.1, -0.05) is 36.4 Å². The highest BCUT2D eigenvalue weighted by atomic mass is 16.5. The third-order valence-electron chi connectivity index (χ3n) is 4.20. The molecule has 1 N–H and O–H groups in total. The van der Waals surface area contributed by atoms with Crippen LogP contribution in [0, 0.1) is 0 Å². The molecule has 0 unspecified atom stereocenters. The number of rotatable bonds is 9. The first-order valence-corrected chi connectivity index (χ1v) is 8.66. The van der Waals surface area contributed by atoms with E-state index < -0.39 is 0 Å². The third-order valence-corrected chi connectivity index (χ3v) is 4.20. The van der Waals surface area contributed by atoms with Crippen LogP contribution >= 0.6 is 0 Å². The average Bonchev–Trinajstić information content (AvgIpc) is 2.65. The zero-order valence-corrected chi connectivity index (χ0v) is 15.2. The van der Waals surface area contributed by atoms with Gasteiger partial charge in [0, 0.05) is 12.5 Å². The first-order chi connectivity index (χ1) is 12.1. The molecular weight excluding hydrogens is 314 g/mol. The van der Waals surface area contributed by atoms with Crippen LogP contribution in [0.15, 0.2) is 48.5 Å². The molecule has 1 atom stereocenters. The fourth-order valence-corrected chi connectivity index (χ4v) is 2.74. The van der Waals surface area contributed by atoms with Crippen LogP contribution < -0.4 is 14.8 Å². The average molecular weight is 341 g/mol. The van der Waals surface area contributed by atoms with Crippen molar-refractivity contribution in [3.63, 3.8) is 0 Å². The number of hydrogen-bond acceptors (Lipinski definition) is 3. The van der Waals surface area contributed by atoms with Crippen molar-refractivity contribution in [2.45, 2.75) is 38.6 Å². The van der Waals surface area contributed by atoms with Crippen molar-refractivity contribution < 1.29 is 14.3 Å². The van der Waals surface area contributed by atoms with Gasteiger partial charge < -0.3 is 14.8 Å². The van der Waals surface area contributed by atoms with Crippen molar-refractivity contribution in [2.24, 2.45) is 0 Å². The van der Waals surface area contributed by atoms with E-state index in [0.29, 0.717) is 24.3 Å². The Hall–Kier alpha value is -2.49. The number of amides is 1. The van der Waals surface area contributed by atoms with Crippen molar-refractivity contribution in [1.29, 1.82) is 0 Å². The predicted octanol–water partition coefficient (Wildman–Crippen LogP) is 3.77. The molecule has 0 heterocycles. The summed E-state index contributed by atoms with van der Waals surface area (Å²) in [6, 6.07) is 16.3. The third kappa shape index (κ3) is 6.14. The summed E-state index contributed by atoms with van der Waals surface area (Å²) in [5.74, 6) is 1.47. The van der Waals surface area contributed by atoms with E-state index in [1.54, 1.807) is 14.2 Å². The van der Waals surface area contributed by atoms with Crippen molar-refractivity contribution in [1.82, 2.24) is 5.32 Å². The van der Waals surface area contributed by atoms with Crippen LogP contribution in [0.25, 0.3) is 0 Å². The molecule has 0 aliphatic carbocycles. The molecule has 2 aromatic carbocycles. The number of hydrogen-bond donors (Lipinski definition) is 1. The fourth-order valence-electron chi connectivity index (χ4n) is 2.74. The zero-order chi connectivity index (χ0) is 18.1. The lowest BCUT2D eigenvalue weighted by atomic mass is 10.1. The lowest BCUT2D eigenvalue weighted by Gasteiger charge is -2.14. The summed E-state index contributed by atoms with van der Waals surface area (Å²) < 4.78 is 10.5. The van der Waals surface area contributed by atoms with Gasteiger partial charge in [-0.3, -0.25) is 4.79 Å². The molecule has 0 aliphatic rings. The summed E-state index contributed by atoms with van der Waals surface area (Å²) in [5.41, 5.74) is 2.36. The van der Waals surface area contributed by atoms with Gasteiger partial charge in [-0.05, 0) is 49.4 Å². The van der Waals surface area contributed by atoms with E-state index in [1.165, 1.54) is 5.56 Å². The lowest BCUT2D eigenvalue weighted by molar-refractivity contribution is -0.121. The smallest absolute Gasteiger partial charge is 0.220 e. The highest BCUT2D eigenvalue weighted by molar-refractivity contribution is 5.76. The standard InChI is InChI=1S/C21H27NO3/c1-16(9-10-17-7-5-4-6-8-17)22-21(23)14-12-18-11-13-19(24-2)20(15-18)25-3/h4-8,11,13,15-16H,9-10,12,14H2,1-3H3,(H,22,23)/t16-/m0/s1. The van der Waals surface area contributed by atoms with E-state index in [0.717, 1.165) is 18.4 Å². The normalized spacial score (nSPS) is 11.6. The fraction of sp³-hybridized carbons (Fsp3) is 0.381. The molecule has 134 valence electrons. The van der Waals surface area contributed by atoms with Crippen molar-refractivity contribution in [3.8, 4) is 11.5 Å². The number of aryl methyl sites for hydroxylation is 2. The Bertz CT molecular complexity index is 670. The monoisotopic (exact) mass is 341 g/mol. The summed E-state index contributed by atoms with van der Waals surface area (Å²) in [4.78, 5) is 12.1. The minimum Gasteiger partial charge on any atom is -0.493 e. The molecule has 0 aromatic heterocycles. The first-order valence-electron chi connectivity index (χ1n) is 8.66. The summed E-state index contributed by atoms with van der Waals surface area (Å²) >= 11 is 0. The van der Waals surface area contributed by atoms with E-state index in [9.17, 15) is 4.79 Å². The predicted molar refractivity (Wildman–Crippen MR) is 100 cm³/mol. The van der Waals surface area contributed by atoms with Gasteiger partial charge in [-0.25, -0.2) is 0 Å². The molecule has 2 aromatic rings. The van der Waals surface area contributed by atoms with Crippen LogP contribution in [0.4, 0.5) is 0 Å². The van der Waals surface area contributed by atoms with Crippen LogP contribution in [0.2, 0.25) is 0 Å². The quantitative estimate of drug-likeness (QED) is 0.755. The summed E-state index contributed by atoms with van der Waals surface area (Å²) in [6.07, 6.45) is 3.05. The van der Waals surface area contributed by atoms with Crippen LogP contribution in [-0.2, 0) is 17.6 Å². The molecule has 1 amide bonds. The second kappa shape index (κ2) is 9.72. The maximum atomic E-state index is 12.1. The Kier molecular flexibility index (Phi) is 7.33. The maximum absolute atomic E-state index is 12.1. The minimum atomic E-state index is 0.0790. The van der Waals surface area contributed by atoms with Gasteiger partial charge in [-0.15, -0.1) is 0 Å². The van der Waals surface area contributed by atoms with Gasteiger partial charge in [0.05, 0.1) is 14.2 Å². The molecule has 0 spiro atoms. The molecule has 2 rings (SSSR count). The van der Waals surface area contributed by atoms with Gasteiger partial charge in [0.2, 0.25) is 5.91 Å². The van der Waals surface area contributed by atoms with Gasteiger partial charge in [-0.2, -0.15) is 0 Å². The Balaban J connectivity index is 1.76. The number of ether oxygens (including phenoxy) is 2. The van der Waals surface area contributed by atoms with E-state index >= 15 is 0 Å². The number of nitrogens with one attached hydrogen (secondary N) is 1. The molecule has 0 saturated heterocycles. The second-order valence-corrected chi connectivity index (χ2v) is 6.18. The summed E-state index contributed by atoms with van der Waals surface area (Å²) in [6.45, 7) is 2.05. The highest BCUT2D eigenvalue weighted by Gasteiger charge is 2.09. The Morgan fingerprint density at radius 3 is 2.36 bits per heavy atom. The van der Waals surface area contributed by atoms with Gasteiger partial charge in [0.25, 0.3) is 0 Å². The Morgan fingerprint density at radius 2 is 1.68 bits per heavy atom. The summed E-state index contributed by atoms with van der Waals surface area (Å²) in [5, 5.41) is 3.08. The SMILES string of the molecule is COc1ccc(CCC(=O)N[C@@H](C)CCc2ccccc2)cc1OC. The molecular formula is C21H27NO3. The number of benzene rings is 2. The largest absolute Gasteiger partial charge is 0.493 e. The number of carbonyl (C=O) groups excluding carboxylic acids is 1. The van der Waals surface area contributed by atoms with Crippen LogP contribution in [0.1, 0.15) is 30.9 Å². The zero-order valence-electron chi connectivity index (χ0n) is 15.2. The van der Waals surface area contributed by atoms with Crippen molar-refractivity contribution in [3.05, 3.63) is 59.7 Å². The molecule has 0 bridgehead atoms. The van der Waals surface area contributed by atoms with Gasteiger partial charge >= 0.3 is 0 Å². The van der Waals surface area contributed by atoms with Crippen molar-refractivity contribution >= 4 is 5.91 Å². The van der Waals surface area contributed by atoms with Crippen molar-refractivity contribution in [2.75, 3.05) is 14.2 Å². The molecule has 0 radical (unpaired) electrons. The van der Waals surface area contributed by atoms with E-state index in [4.69, 9.17) is 9.47 Å². The lowest BCUT2D eigenvalue weighted by Crippen LogP contribution is -2.33. The molecule has 4 heteroatoms. The van der Waals surface area contributed by atoms with Crippen LogP contribution in [0.3, 0.4) is 0 Å². The minimum absolute atomic E-state index is 0.0790.